The molecule has 2 saturated heterocycles. The van der Waals surface area contributed by atoms with E-state index in [1.807, 2.05) is 18.2 Å². The van der Waals surface area contributed by atoms with Crippen molar-refractivity contribution in [3.05, 3.63) is 64.9 Å². The van der Waals surface area contributed by atoms with E-state index >= 15 is 0 Å². The molecule has 2 fully saturated rings. The Morgan fingerprint density at radius 3 is 2.47 bits per heavy atom. The second-order valence-corrected chi connectivity index (χ2v) is 14.6. The van der Waals surface area contributed by atoms with E-state index in [1.165, 1.54) is 0 Å². The molecule has 0 radical (unpaired) electrons. The van der Waals surface area contributed by atoms with Gasteiger partial charge in [-0.25, -0.2) is 17.2 Å². The molecule has 11 nitrogen and oxygen atoms in total. The van der Waals surface area contributed by atoms with Crippen LogP contribution >= 0.6 is 0 Å². The van der Waals surface area contributed by atoms with Crippen molar-refractivity contribution >= 4 is 33.1 Å². The van der Waals surface area contributed by atoms with Crippen LogP contribution in [0.4, 0.5) is 26.0 Å². The highest BCUT2D eigenvalue weighted by atomic mass is 32.2. The topological polar surface area (TPSA) is 126 Å². The predicted octanol–water partition coefficient (Wildman–Crippen LogP) is 3.68. The maximum absolute atomic E-state index is 14.0. The van der Waals surface area contributed by atoms with Crippen LogP contribution in [-0.4, -0.2) is 85.6 Å². The van der Waals surface area contributed by atoms with Crippen molar-refractivity contribution < 1.29 is 22.0 Å². The van der Waals surface area contributed by atoms with Crippen LogP contribution in [0.3, 0.4) is 0 Å². The average Bonchev–Trinajstić information content (AvgIpc) is 3.72. The fourth-order valence-electron chi connectivity index (χ4n) is 6.55. The summed E-state index contributed by atoms with van der Waals surface area (Å²) in [6.07, 6.45) is 2.15. The predicted molar refractivity (Wildman–Crippen MR) is 169 cm³/mol. The standard InChI is InChI=1S/C31H40F2N8O3S/c1-19(26-6-5-9-34-26)35-27-17-22(40-12-10-39(4)11-13-40)7-8-24(27)30(42)36-29-25-18-41(31(2,3)28(25)37-38-29)45(43,44)23-15-20(32)14-21(33)16-23/h7-8,14-17,19,26,34-35H,5-6,9-13,18H2,1-4H3,(H2,36,37,38,42)/t19-,26?/m1/s1. The molecule has 3 aliphatic heterocycles. The second-order valence-electron chi connectivity index (χ2n) is 12.7. The van der Waals surface area contributed by atoms with E-state index in [9.17, 15) is 22.0 Å². The van der Waals surface area contributed by atoms with Gasteiger partial charge in [-0.1, -0.05) is 0 Å². The summed E-state index contributed by atoms with van der Waals surface area (Å²) in [5.74, 6) is -2.17. The maximum atomic E-state index is 14.0. The number of rotatable bonds is 8. The highest BCUT2D eigenvalue weighted by Crippen LogP contribution is 2.44. The van der Waals surface area contributed by atoms with Crippen molar-refractivity contribution in [1.82, 2.24) is 24.7 Å². The number of sulfonamides is 1. The van der Waals surface area contributed by atoms with Crippen molar-refractivity contribution in [3.8, 4) is 0 Å². The minimum absolute atomic E-state index is 0.0728. The highest BCUT2D eigenvalue weighted by molar-refractivity contribution is 7.89. The molecular formula is C31H40F2N8O3S. The molecule has 0 aliphatic carbocycles. The van der Waals surface area contributed by atoms with Gasteiger partial charge in [0.15, 0.2) is 5.82 Å². The highest BCUT2D eigenvalue weighted by Gasteiger charge is 2.48. The van der Waals surface area contributed by atoms with Crippen LogP contribution in [0.5, 0.6) is 0 Å². The lowest BCUT2D eigenvalue weighted by molar-refractivity contribution is 0.102. The van der Waals surface area contributed by atoms with Crippen LogP contribution in [0.1, 0.15) is 55.2 Å². The smallest absolute Gasteiger partial charge is 0.258 e. The Bertz CT molecular complexity index is 1680. The number of likely N-dealkylation sites (N-methyl/N-ethyl adjacent to an activating group) is 1. The number of hydrogen-bond acceptors (Lipinski definition) is 8. The molecule has 2 atom stereocenters. The molecule has 45 heavy (non-hydrogen) atoms. The molecule has 3 aliphatic rings. The van der Waals surface area contributed by atoms with E-state index in [0.29, 0.717) is 28.6 Å². The first-order chi connectivity index (χ1) is 21.3. The number of hydrogen-bond donors (Lipinski definition) is 4. The molecule has 6 rings (SSSR count). The Morgan fingerprint density at radius 1 is 1.09 bits per heavy atom. The van der Waals surface area contributed by atoms with E-state index in [-0.39, 0.29) is 24.4 Å². The van der Waals surface area contributed by atoms with Crippen LogP contribution in [0.2, 0.25) is 0 Å². The molecule has 3 aromatic rings. The Morgan fingerprint density at radius 2 is 1.80 bits per heavy atom. The van der Waals surface area contributed by atoms with Crippen molar-refractivity contribution in [2.24, 2.45) is 0 Å². The summed E-state index contributed by atoms with van der Waals surface area (Å²) in [6.45, 7) is 9.95. The third kappa shape index (κ3) is 6.03. The minimum Gasteiger partial charge on any atom is -0.380 e. The van der Waals surface area contributed by atoms with Gasteiger partial charge >= 0.3 is 0 Å². The summed E-state index contributed by atoms with van der Waals surface area (Å²) >= 11 is 0. The zero-order chi connectivity index (χ0) is 32.1. The number of aromatic amines is 1. The Labute approximate surface area is 262 Å². The van der Waals surface area contributed by atoms with E-state index in [4.69, 9.17) is 0 Å². The quantitative estimate of drug-likeness (QED) is 0.293. The fraction of sp³-hybridized carbons (Fsp3) is 0.484. The third-order valence-corrected chi connectivity index (χ3v) is 11.3. The van der Waals surface area contributed by atoms with Crippen LogP contribution in [0.25, 0.3) is 0 Å². The van der Waals surface area contributed by atoms with Gasteiger partial charge in [-0.15, -0.1) is 0 Å². The van der Waals surface area contributed by atoms with E-state index in [0.717, 1.165) is 67.7 Å². The molecule has 1 unspecified atom stereocenters. The number of nitrogens with one attached hydrogen (secondary N) is 4. The van der Waals surface area contributed by atoms with Gasteiger partial charge in [-0.05, 0) is 77.5 Å². The SMILES string of the molecule is C[C@@H](Nc1cc(N2CCN(C)CC2)ccc1C(=O)Nc1n[nH]c2c1CN(S(=O)(=O)c1cc(F)cc(F)c1)C2(C)C)C1CCCN1. The van der Waals surface area contributed by atoms with Crippen LogP contribution in [-0.2, 0) is 22.1 Å². The normalized spacial score (nSPS) is 21.1. The first-order valence-electron chi connectivity index (χ1n) is 15.3. The van der Waals surface area contributed by atoms with Gasteiger partial charge in [0.25, 0.3) is 5.91 Å². The summed E-state index contributed by atoms with van der Waals surface area (Å²) in [6, 6.07) is 8.36. The number of fused-ring (bicyclic) bond motifs is 1. The molecule has 4 heterocycles. The number of H-pyrrole nitrogens is 1. The molecule has 1 aromatic heterocycles. The number of carbonyl (C=O) groups is 1. The van der Waals surface area contributed by atoms with Gasteiger partial charge in [-0.2, -0.15) is 9.40 Å². The van der Waals surface area contributed by atoms with Crippen molar-refractivity contribution in [2.45, 2.75) is 62.7 Å². The molecule has 2 aromatic carbocycles. The summed E-state index contributed by atoms with van der Waals surface area (Å²) in [4.78, 5) is 18.0. The Balaban J connectivity index is 1.27. The fourth-order valence-corrected chi connectivity index (χ4v) is 8.32. The molecule has 1 amide bonds. The molecule has 4 N–H and O–H groups in total. The number of anilines is 3. The average molecular weight is 643 g/mol. The van der Waals surface area contributed by atoms with Crippen LogP contribution in [0.15, 0.2) is 41.3 Å². The number of halogens is 2. The molecule has 0 bridgehead atoms. The summed E-state index contributed by atoms with van der Waals surface area (Å²) < 4.78 is 56.2. The van der Waals surface area contributed by atoms with E-state index < -0.39 is 38.0 Å². The Kier molecular flexibility index (Phi) is 8.35. The van der Waals surface area contributed by atoms with Gasteiger partial charge in [0, 0.05) is 67.8 Å². The van der Waals surface area contributed by atoms with Gasteiger partial charge in [-0.3, -0.25) is 9.89 Å². The first kappa shape index (κ1) is 31.4. The van der Waals surface area contributed by atoms with E-state index in [2.05, 4.69) is 49.9 Å². The second kappa shape index (κ2) is 12.0. The number of piperazine rings is 1. The number of amides is 1. The lowest BCUT2D eigenvalue weighted by Gasteiger charge is -2.34. The number of nitrogens with zero attached hydrogens (tertiary/aromatic N) is 4. The molecule has 242 valence electrons. The number of carbonyl (C=O) groups excluding carboxylic acids is 1. The first-order valence-corrected chi connectivity index (χ1v) is 16.7. The molecule has 0 saturated carbocycles. The largest absolute Gasteiger partial charge is 0.380 e. The lowest BCUT2D eigenvalue weighted by atomic mass is 10.0. The Hall–Kier alpha value is -3.59. The number of benzene rings is 2. The molecule has 14 heteroatoms. The molecular weight excluding hydrogens is 602 g/mol. The van der Waals surface area contributed by atoms with Crippen LogP contribution in [0, 0.1) is 11.6 Å². The number of aromatic nitrogens is 2. The zero-order valence-corrected chi connectivity index (χ0v) is 26.8. The van der Waals surface area contributed by atoms with Gasteiger partial charge < -0.3 is 25.8 Å². The lowest BCUT2D eigenvalue weighted by Crippen LogP contribution is -2.44. The summed E-state index contributed by atoms with van der Waals surface area (Å²) in [5, 5.41) is 17.2. The van der Waals surface area contributed by atoms with Gasteiger partial charge in [0.05, 0.1) is 21.7 Å². The third-order valence-electron chi connectivity index (χ3n) is 9.26. The molecule has 0 spiro atoms. The summed E-state index contributed by atoms with van der Waals surface area (Å²) in [5.41, 5.74) is 2.02. The maximum Gasteiger partial charge on any atom is 0.258 e. The van der Waals surface area contributed by atoms with Crippen molar-refractivity contribution in [2.75, 3.05) is 55.3 Å². The monoisotopic (exact) mass is 642 g/mol. The summed E-state index contributed by atoms with van der Waals surface area (Å²) in [7, 11) is -2.20. The van der Waals surface area contributed by atoms with Gasteiger partial charge in [0.1, 0.15) is 11.6 Å². The van der Waals surface area contributed by atoms with E-state index in [1.54, 1.807) is 13.8 Å². The zero-order valence-electron chi connectivity index (χ0n) is 26.0. The van der Waals surface area contributed by atoms with Crippen molar-refractivity contribution in [1.29, 1.82) is 0 Å². The minimum atomic E-state index is -4.30. The van der Waals surface area contributed by atoms with Gasteiger partial charge in [0.2, 0.25) is 10.0 Å². The van der Waals surface area contributed by atoms with Crippen LogP contribution < -0.4 is 20.9 Å². The van der Waals surface area contributed by atoms with Crippen molar-refractivity contribution in [3.63, 3.8) is 0 Å².